The molecule has 1 N–H and O–H groups in total. The van der Waals surface area contributed by atoms with Crippen molar-refractivity contribution in [2.45, 2.75) is 26.3 Å². The predicted octanol–water partition coefficient (Wildman–Crippen LogP) is 5.35. The monoisotopic (exact) mass is 445 g/mol. The molecular weight excluding hydrogens is 425 g/mol. The highest BCUT2D eigenvalue weighted by molar-refractivity contribution is 7.15. The van der Waals surface area contributed by atoms with Gasteiger partial charge < -0.3 is 4.57 Å². The first kappa shape index (κ1) is 21.4. The van der Waals surface area contributed by atoms with E-state index in [9.17, 15) is 14.4 Å². The fourth-order valence-electron chi connectivity index (χ4n) is 3.32. The van der Waals surface area contributed by atoms with Gasteiger partial charge in [0.05, 0.1) is 6.54 Å². The highest BCUT2D eigenvalue weighted by atomic mass is 32.1. The molecule has 2 aromatic heterocycles. The van der Waals surface area contributed by atoms with Gasteiger partial charge in [0.15, 0.2) is 0 Å². The first-order valence-corrected chi connectivity index (χ1v) is 10.9. The smallest absolute Gasteiger partial charge is 0.268 e. The van der Waals surface area contributed by atoms with E-state index in [0.29, 0.717) is 22.8 Å². The minimum atomic E-state index is -0.551. The van der Waals surface area contributed by atoms with Crippen LogP contribution >= 0.6 is 11.3 Å². The van der Waals surface area contributed by atoms with Gasteiger partial charge in [-0.05, 0) is 18.2 Å². The van der Waals surface area contributed by atoms with E-state index >= 15 is 0 Å². The summed E-state index contributed by atoms with van der Waals surface area (Å²) >= 11 is 1.28. The molecule has 4 rings (SSSR count). The number of aromatic nitrogens is 3. The van der Waals surface area contributed by atoms with Crippen LogP contribution in [0, 0.1) is 17.1 Å². The van der Waals surface area contributed by atoms with Crippen LogP contribution in [-0.2, 0) is 11.3 Å². The van der Waals surface area contributed by atoms with E-state index in [4.69, 9.17) is 0 Å². The number of halogens is 1. The van der Waals surface area contributed by atoms with Crippen molar-refractivity contribution in [1.29, 1.82) is 5.26 Å². The van der Waals surface area contributed by atoms with Gasteiger partial charge in [-0.2, -0.15) is 5.26 Å². The molecule has 1 amide bonds. The number of rotatable bonds is 6. The third-order valence-electron chi connectivity index (χ3n) is 4.94. The van der Waals surface area contributed by atoms with Crippen molar-refractivity contribution in [2.75, 3.05) is 5.32 Å². The van der Waals surface area contributed by atoms with E-state index in [1.54, 1.807) is 24.3 Å². The van der Waals surface area contributed by atoms with Gasteiger partial charge in [0.2, 0.25) is 5.13 Å². The van der Waals surface area contributed by atoms with Crippen molar-refractivity contribution in [1.82, 2.24) is 14.8 Å². The Balaban J connectivity index is 1.66. The van der Waals surface area contributed by atoms with Gasteiger partial charge in [0.25, 0.3) is 5.91 Å². The number of carbonyl (C=O) groups excluding carboxylic acids is 1. The van der Waals surface area contributed by atoms with E-state index in [1.807, 2.05) is 54.9 Å². The van der Waals surface area contributed by atoms with Crippen molar-refractivity contribution >= 4 is 39.4 Å². The minimum Gasteiger partial charge on any atom is -0.342 e. The Morgan fingerprint density at radius 2 is 1.97 bits per heavy atom. The first-order chi connectivity index (χ1) is 15.5. The normalized spacial score (nSPS) is 11.7. The van der Waals surface area contributed by atoms with Crippen molar-refractivity contribution in [3.05, 3.63) is 82.3 Å². The molecule has 0 aliphatic rings. The van der Waals surface area contributed by atoms with Crippen LogP contribution < -0.4 is 5.32 Å². The minimum absolute atomic E-state index is 0.0555. The summed E-state index contributed by atoms with van der Waals surface area (Å²) in [6, 6.07) is 16.2. The Morgan fingerprint density at radius 1 is 1.22 bits per heavy atom. The molecule has 0 atom stereocenters. The largest absolute Gasteiger partial charge is 0.342 e. The second-order valence-electron chi connectivity index (χ2n) is 7.54. The molecule has 0 aliphatic carbocycles. The molecule has 0 saturated heterocycles. The fourth-order valence-corrected chi connectivity index (χ4v) is 4.06. The molecule has 6 nitrogen and oxygen atoms in total. The van der Waals surface area contributed by atoms with Crippen LogP contribution in [0.25, 0.3) is 17.0 Å². The molecule has 0 bridgehead atoms. The Bertz CT molecular complexity index is 1360. The molecule has 2 heterocycles. The number of nitriles is 1. The standard InChI is InChI=1S/C24H20FN5OS/c1-15(2)23-28-29-24(32-23)27-22(31)17(12-26)11-18-14-30(21-10-6-4-8-19(18)21)13-16-7-3-5-9-20(16)25/h3-11,14-15H,13H2,1-2H3,(H,27,29,31)/b17-11-. The van der Waals surface area contributed by atoms with Crippen LogP contribution in [0.2, 0.25) is 0 Å². The number of amides is 1. The van der Waals surface area contributed by atoms with E-state index in [2.05, 4.69) is 15.5 Å². The number of para-hydroxylation sites is 1. The maximum atomic E-state index is 14.2. The molecule has 8 heteroatoms. The molecule has 2 aromatic carbocycles. The second kappa shape index (κ2) is 9.12. The van der Waals surface area contributed by atoms with Gasteiger partial charge in [-0.3, -0.25) is 10.1 Å². The number of benzene rings is 2. The van der Waals surface area contributed by atoms with Crippen LogP contribution in [0.3, 0.4) is 0 Å². The molecule has 0 fully saturated rings. The lowest BCUT2D eigenvalue weighted by Gasteiger charge is -2.06. The van der Waals surface area contributed by atoms with E-state index < -0.39 is 5.91 Å². The summed E-state index contributed by atoms with van der Waals surface area (Å²) in [6.07, 6.45) is 3.36. The zero-order valence-electron chi connectivity index (χ0n) is 17.5. The quantitative estimate of drug-likeness (QED) is 0.320. The molecule has 32 heavy (non-hydrogen) atoms. The molecule has 0 radical (unpaired) electrons. The Hall–Kier alpha value is -3.83. The van der Waals surface area contributed by atoms with Gasteiger partial charge in [0.1, 0.15) is 22.5 Å². The number of anilines is 1. The Morgan fingerprint density at radius 3 is 2.69 bits per heavy atom. The SMILES string of the molecule is CC(C)c1nnc(NC(=O)/C(C#N)=C\c2cn(Cc3ccccc3F)c3ccccc23)s1. The second-order valence-corrected chi connectivity index (χ2v) is 8.55. The number of fused-ring (bicyclic) bond motifs is 1. The molecule has 160 valence electrons. The number of nitrogens with one attached hydrogen (secondary N) is 1. The van der Waals surface area contributed by atoms with E-state index in [0.717, 1.165) is 15.9 Å². The summed E-state index contributed by atoms with van der Waals surface area (Å²) < 4.78 is 16.1. The van der Waals surface area contributed by atoms with Gasteiger partial charge >= 0.3 is 0 Å². The summed E-state index contributed by atoms with van der Waals surface area (Å²) in [6.45, 7) is 4.31. The third-order valence-corrected chi connectivity index (χ3v) is 6.08. The predicted molar refractivity (Wildman–Crippen MR) is 124 cm³/mol. The summed E-state index contributed by atoms with van der Waals surface area (Å²) in [5, 5.41) is 22.3. The zero-order valence-corrected chi connectivity index (χ0v) is 18.4. The van der Waals surface area contributed by atoms with Crippen LogP contribution in [0.1, 0.15) is 35.9 Å². The summed E-state index contributed by atoms with van der Waals surface area (Å²) in [5.41, 5.74) is 2.08. The topological polar surface area (TPSA) is 83.6 Å². The van der Waals surface area contributed by atoms with Crippen LogP contribution in [0.15, 0.2) is 60.3 Å². The lowest BCUT2D eigenvalue weighted by atomic mass is 10.1. The molecular formula is C24H20FN5OS. The maximum absolute atomic E-state index is 14.2. The van der Waals surface area contributed by atoms with Gasteiger partial charge in [0, 0.05) is 34.1 Å². The van der Waals surface area contributed by atoms with Crippen LogP contribution in [-0.4, -0.2) is 20.7 Å². The molecule has 4 aromatic rings. The Kier molecular flexibility index (Phi) is 6.10. The van der Waals surface area contributed by atoms with Crippen LogP contribution in [0.5, 0.6) is 0 Å². The summed E-state index contributed by atoms with van der Waals surface area (Å²) in [7, 11) is 0. The zero-order chi connectivity index (χ0) is 22.7. The first-order valence-electron chi connectivity index (χ1n) is 10.0. The average molecular weight is 446 g/mol. The highest BCUT2D eigenvalue weighted by Gasteiger charge is 2.16. The van der Waals surface area contributed by atoms with E-state index in [1.165, 1.54) is 17.4 Å². The van der Waals surface area contributed by atoms with E-state index in [-0.39, 0.29) is 17.3 Å². The van der Waals surface area contributed by atoms with Crippen molar-refractivity contribution in [2.24, 2.45) is 0 Å². The van der Waals surface area contributed by atoms with Gasteiger partial charge in [-0.1, -0.05) is 61.6 Å². The molecule has 0 spiro atoms. The average Bonchev–Trinajstić information content (AvgIpc) is 3.39. The molecule has 0 aliphatic heterocycles. The van der Waals surface area contributed by atoms with Crippen molar-refractivity contribution in [3.8, 4) is 6.07 Å². The summed E-state index contributed by atoms with van der Waals surface area (Å²) in [4.78, 5) is 12.7. The highest BCUT2D eigenvalue weighted by Crippen LogP contribution is 2.26. The lowest BCUT2D eigenvalue weighted by molar-refractivity contribution is -0.112. The number of nitrogens with zero attached hydrogens (tertiary/aromatic N) is 4. The van der Waals surface area contributed by atoms with Gasteiger partial charge in [-0.15, -0.1) is 10.2 Å². The number of hydrogen-bond acceptors (Lipinski definition) is 5. The van der Waals surface area contributed by atoms with Crippen LogP contribution in [0.4, 0.5) is 9.52 Å². The third kappa shape index (κ3) is 4.43. The van der Waals surface area contributed by atoms with Crippen molar-refractivity contribution < 1.29 is 9.18 Å². The maximum Gasteiger partial charge on any atom is 0.268 e. The number of hydrogen-bond donors (Lipinski definition) is 1. The fraction of sp³-hybridized carbons (Fsp3) is 0.167. The lowest BCUT2D eigenvalue weighted by Crippen LogP contribution is -2.13. The Labute approximate surface area is 188 Å². The van der Waals surface area contributed by atoms with Crippen molar-refractivity contribution in [3.63, 3.8) is 0 Å². The summed E-state index contributed by atoms with van der Waals surface area (Å²) in [5.74, 6) is -0.633. The molecule has 0 unspecified atom stereocenters. The van der Waals surface area contributed by atoms with Gasteiger partial charge in [-0.25, -0.2) is 4.39 Å². The number of carbonyl (C=O) groups is 1. The molecule has 0 saturated carbocycles.